The fourth-order valence-electron chi connectivity index (χ4n) is 2.59. The van der Waals surface area contributed by atoms with Gasteiger partial charge in [-0.05, 0) is 36.8 Å². The van der Waals surface area contributed by atoms with Gasteiger partial charge in [0.25, 0.3) is 0 Å². The maximum Gasteiger partial charge on any atom is 0.154 e. The van der Waals surface area contributed by atoms with E-state index in [1.54, 1.807) is 6.07 Å². The van der Waals surface area contributed by atoms with E-state index in [9.17, 15) is 4.39 Å². The zero-order chi connectivity index (χ0) is 14.7. The number of fused-ring (bicyclic) bond motifs is 1. The van der Waals surface area contributed by atoms with Crippen LogP contribution in [0, 0.1) is 17.1 Å². The van der Waals surface area contributed by atoms with Crippen molar-refractivity contribution in [1.29, 1.82) is 5.26 Å². The van der Waals surface area contributed by atoms with Gasteiger partial charge >= 0.3 is 0 Å². The van der Waals surface area contributed by atoms with E-state index < -0.39 is 5.60 Å². The van der Waals surface area contributed by atoms with Crippen molar-refractivity contribution in [2.24, 2.45) is 0 Å². The second-order valence-corrected chi connectivity index (χ2v) is 5.41. The molecular formula is C17H17FN2O. The van der Waals surface area contributed by atoms with E-state index in [1.165, 1.54) is 6.07 Å². The average Bonchev–Trinajstić information content (AvgIpc) is 2.46. The Balaban J connectivity index is 1.60. The van der Waals surface area contributed by atoms with Gasteiger partial charge in [0.1, 0.15) is 5.82 Å². The summed E-state index contributed by atoms with van der Waals surface area (Å²) in [5, 5.41) is 13.7. The highest BCUT2D eigenvalue weighted by Gasteiger charge is 2.37. The minimum absolute atomic E-state index is 0.232. The Morgan fingerprint density at radius 3 is 2.81 bits per heavy atom. The van der Waals surface area contributed by atoms with Crippen LogP contribution in [0.25, 0.3) is 10.8 Å². The van der Waals surface area contributed by atoms with Gasteiger partial charge < -0.3 is 10.1 Å². The standard InChI is InChI=1S/C17H17FN2O/c18-16-11-14(10-13-4-1-2-5-15(13)16)20-8-9-21-17(12-19)6-3-7-17/h1-2,4-5,10-11,20H,3,6-9H2. The van der Waals surface area contributed by atoms with E-state index in [4.69, 9.17) is 10.00 Å². The van der Waals surface area contributed by atoms with Gasteiger partial charge in [0, 0.05) is 17.6 Å². The first-order valence-electron chi connectivity index (χ1n) is 7.20. The van der Waals surface area contributed by atoms with E-state index in [0.29, 0.717) is 18.5 Å². The molecular weight excluding hydrogens is 267 g/mol. The molecule has 21 heavy (non-hydrogen) atoms. The zero-order valence-electron chi connectivity index (χ0n) is 11.7. The van der Waals surface area contributed by atoms with E-state index in [2.05, 4.69) is 11.4 Å². The summed E-state index contributed by atoms with van der Waals surface area (Å²) < 4.78 is 19.6. The van der Waals surface area contributed by atoms with Crippen molar-refractivity contribution in [3.8, 4) is 6.07 Å². The molecule has 0 atom stereocenters. The lowest BCUT2D eigenvalue weighted by Gasteiger charge is -2.34. The van der Waals surface area contributed by atoms with Crippen molar-refractivity contribution in [2.75, 3.05) is 18.5 Å². The highest BCUT2D eigenvalue weighted by molar-refractivity contribution is 5.86. The first kappa shape index (κ1) is 13.8. The van der Waals surface area contributed by atoms with Gasteiger partial charge in [-0.2, -0.15) is 5.26 Å². The molecule has 0 saturated heterocycles. The fourth-order valence-corrected chi connectivity index (χ4v) is 2.59. The largest absolute Gasteiger partial charge is 0.383 e. The summed E-state index contributed by atoms with van der Waals surface area (Å²) >= 11 is 0. The van der Waals surface area contributed by atoms with Crippen molar-refractivity contribution in [2.45, 2.75) is 24.9 Å². The van der Waals surface area contributed by atoms with Crippen molar-refractivity contribution < 1.29 is 9.13 Å². The first-order valence-corrected chi connectivity index (χ1v) is 7.20. The molecule has 1 aliphatic carbocycles. The van der Waals surface area contributed by atoms with Crippen LogP contribution >= 0.6 is 0 Å². The van der Waals surface area contributed by atoms with Crippen LogP contribution in [-0.4, -0.2) is 18.8 Å². The van der Waals surface area contributed by atoms with Crippen LogP contribution in [-0.2, 0) is 4.74 Å². The van der Waals surface area contributed by atoms with Gasteiger partial charge in [0.15, 0.2) is 5.60 Å². The number of anilines is 1. The molecule has 0 amide bonds. The molecule has 1 fully saturated rings. The monoisotopic (exact) mass is 284 g/mol. The topological polar surface area (TPSA) is 45.0 Å². The number of hydrogen-bond acceptors (Lipinski definition) is 3. The normalized spacial score (nSPS) is 16.2. The SMILES string of the molecule is N#CC1(OCCNc2cc(F)c3ccccc3c2)CCC1. The molecule has 1 aliphatic rings. The van der Waals surface area contributed by atoms with E-state index in [0.717, 1.165) is 30.3 Å². The van der Waals surface area contributed by atoms with Crippen LogP contribution in [0.4, 0.5) is 10.1 Å². The van der Waals surface area contributed by atoms with Crippen LogP contribution in [0.3, 0.4) is 0 Å². The summed E-state index contributed by atoms with van der Waals surface area (Å²) in [5.74, 6) is -0.232. The van der Waals surface area contributed by atoms with Gasteiger partial charge in [-0.15, -0.1) is 0 Å². The summed E-state index contributed by atoms with van der Waals surface area (Å²) in [6.45, 7) is 1.00. The molecule has 0 heterocycles. The molecule has 0 unspecified atom stereocenters. The summed E-state index contributed by atoms with van der Waals surface area (Å²) in [7, 11) is 0. The lowest BCUT2D eigenvalue weighted by Crippen LogP contribution is -2.39. The summed E-state index contributed by atoms with van der Waals surface area (Å²) in [5.41, 5.74) is 0.158. The van der Waals surface area contributed by atoms with Gasteiger partial charge in [-0.25, -0.2) is 4.39 Å². The van der Waals surface area contributed by atoms with Gasteiger partial charge in [-0.1, -0.05) is 24.3 Å². The Kier molecular flexibility index (Phi) is 3.76. The minimum atomic E-state index is -0.573. The quantitative estimate of drug-likeness (QED) is 0.848. The Bertz CT molecular complexity index is 689. The van der Waals surface area contributed by atoms with Crippen molar-refractivity contribution in [3.05, 3.63) is 42.2 Å². The van der Waals surface area contributed by atoms with Crippen molar-refractivity contribution in [3.63, 3.8) is 0 Å². The molecule has 0 aromatic heterocycles. The molecule has 3 nitrogen and oxygen atoms in total. The van der Waals surface area contributed by atoms with Gasteiger partial charge in [0.2, 0.25) is 0 Å². The van der Waals surface area contributed by atoms with Gasteiger partial charge in [-0.3, -0.25) is 0 Å². The number of hydrogen-bond donors (Lipinski definition) is 1. The molecule has 1 N–H and O–H groups in total. The van der Waals surface area contributed by atoms with E-state index in [1.807, 2.05) is 24.3 Å². The Hall–Kier alpha value is -2.12. The molecule has 0 spiro atoms. The van der Waals surface area contributed by atoms with Crippen LogP contribution < -0.4 is 5.32 Å². The molecule has 108 valence electrons. The fraction of sp³-hybridized carbons (Fsp3) is 0.353. The van der Waals surface area contributed by atoms with E-state index >= 15 is 0 Å². The predicted octanol–water partition coefficient (Wildman–Crippen LogP) is 3.85. The lowest BCUT2D eigenvalue weighted by atomic mass is 9.81. The summed E-state index contributed by atoms with van der Waals surface area (Å²) in [4.78, 5) is 0. The minimum Gasteiger partial charge on any atom is -0.383 e. The Morgan fingerprint density at radius 1 is 1.29 bits per heavy atom. The average molecular weight is 284 g/mol. The molecule has 2 aromatic carbocycles. The Labute approximate surface area is 123 Å². The number of rotatable bonds is 5. The second kappa shape index (κ2) is 5.71. The van der Waals surface area contributed by atoms with Crippen molar-refractivity contribution >= 4 is 16.5 Å². The molecule has 0 aliphatic heterocycles. The van der Waals surface area contributed by atoms with Crippen LogP contribution in [0.1, 0.15) is 19.3 Å². The van der Waals surface area contributed by atoms with Crippen LogP contribution in [0.5, 0.6) is 0 Å². The summed E-state index contributed by atoms with van der Waals surface area (Å²) in [6, 6.07) is 13.0. The van der Waals surface area contributed by atoms with Gasteiger partial charge in [0.05, 0.1) is 12.7 Å². The third-order valence-electron chi connectivity index (χ3n) is 3.99. The van der Waals surface area contributed by atoms with Crippen LogP contribution in [0.15, 0.2) is 36.4 Å². The number of ether oxygens (including phenoxy) is 1. The number of nitrogens with zero attached hydrogens (tertiary/aromatic N) is 1. The number of halogens is 1. The molecule has 4 heteroatoms. The number of nitriles is 1. The second-order valence-electron chi connectivity index (χ2n) is 5.41. The number of benzene rings is 2. The smallest absolute Gasteiger partial charge is 0.154 e. The Morgan fingerprint density at radius 2 is 2.10 bits per heavy atom. The summed E-state index contributed by atoms with van der Waals surface area (Å²) in [6.07, 6.45) is 2.68. The third kappa shape index (κ3) is 2.84. The first-order chi connectivity index (χ1) is 10.2. The van der Waals surface area contributed by atoms with Crippen molar-refractivity contribution in [1.82, 2.24) is 0 Å². The third-order valence-corrected chi connectivity index (χ3v) is 3.99. The highest BCUT2D eigenvalue weighted by atomic mass is 19.1. The highest BCUT2D eigenvalue weighted by Crippen LogP contribution is 2.34. The maximum atomic E-state index is 13.9. The maximum absolute atomic E-state index is 13.9. The zero-order valence-corrected chi connectivity index (χ0v) is 11.7. The van der Waals surface area contributed by atoms with E-state index in [-0.39, 0.29) is 5.82 Å². The van der Waals surface area contributed by atoms with Crippen LogP contribution in [0.2, 0.25) is 0 Å². The molecule has 3 rings (SSSR count). The molecule has 1 saturated carbocycles. The number of nitrogens with one attached hydrogen (secondary N) is 1. The molecule has 0 bridgehead atoms. The predicted molar refractivity (Wildman–Crippen MR) is 80.5 cm³/mol. The lowest BCUT2D eigenvalue weighted by molar-refractivity contribution is -0.0512. The molecule has 2 aromatic rings. The molecule has 0 radical (unpaired) electrons.